The van der Waals surface area contributed by atoms with Gasteiger partial charge in [-0.05, 0) is 43.3 Å². The fraction of sp³-hybridized carbons (Fsp3) is 0.0455. The molecule has 26 heavy (non-hydrogen) atoms. The first-order chi connectivity index (χ1) is 12.6. The summed E-state index contributed by atoms with van der Waals surface area (Å²) in [5.74, 6) is -0.482. The van der Waals surface area contributed by atoms with Crippen molar-refractivity contribution in [2.45, 2.75) is 6.92 Å². The molecule has 1 N–H and O–H groups in total. The van der Waals surface area contributed by atoms with E-state index in [1.807, 2.05) is 25.1 Å². The van der Waals surface area contributed by atoms with Gasteiger partial charge in [-0.3, -0.25) is 9.59 Å². The van der Waals surface area contributed by atoms with E-state index in [1.165, 1.54) is 0 Å². The molecule has 0 saturated heterocycles. The second kappa shape index (κ2) is 7.45. The van der Waals surface area contributed by atoms with Crippen LogP contribution < -0.4 is 5.32 Å². The lowest BCUT2D eigenvalue weighted by Gasteiger charge is -2.12. The number of ketones is 1. The highest BCUT2D eigenvalue weighted by Gasteiger charge is 2.16. The van der Waals surface area contributed by atoms with Crippen molar-refractivity contribution >= 4 is 17.4 Å². The summed E-state index contributed by atoms with van der Waals surface area (Å²) in [6, 6.07) is 22.6. The minimum atomic E-state index is -0.333. The van der Waals surface area contributed by atoms with Crippen LogP contribution in [0.5, 0.6) is 0 Å². The average molecular weight is 340 g/mol. The Balaban J connectivity index is 1.91. The number of anilines is 1. The molecule has 0 heterocycles. The quantitative estimate of drug-likeness (QED) is 0.718. The number of amides is 1. The molecule has 1 amide bonds. The van der Waals surface area contributed by atoms with Gasteiger partial charge in [-0.1, -0.05) is 42.0 Å². The molecule has 3 aromatic rings. The molecule has 0 unspecified atom stereocenters. The summed E-state index contributed by atoms with van der Waals surface area (Å²) >= 11 is 0. The molecule has 0 radical (unpaired) electrons. The highest BCUT2D eigenvalue weighted by atomic mass is 16.1. The molecule has 0 saturated carbocycles. The maximum atomic E-state index is 12.8. The van der Waals surface area contributed by atoms with E-state index in [-0.39, 0.29) is 11.7 Å². The molecular formula is C22H16N2O2. The van der Waals surface area contributed by atoms with E-state index in [1.54, 1.807) is 60.7 Å². The van der Waals surface area contributed by atoms with Crippen LogP contribution in [0.25, 0.3) is 0 Å². The Morgan fingerprint density at radius 1 is 0.885 bits per heavy atom. The van der Waals surface area contributed by atoms with E-state index in [9.17, 15) is 9.59 Å². The third-order valence-corrected chi connectivity index (χ3v) is 3.98. The van der Waals surface area contributed by atoms with Gasteiger partial charge in [0.05, 0.1) is 17.3 Å². The predicted octanol–water partition coefficient (Wildman–Crippen LogP) is 4.35. The summed E-state index contributed by atoms with van der Waals surface area (Å²) in [5, 5.41) is 11.6. The van der Waals surface area contributed by atoms with Gasteiger partial charge in [0, 0.05) is 16.7 Å². The average Bonchev–Trinajstić information content (AvgIpc) is 2.69. The van der Waals surface area contributed by atoms with Crippen LogP contribution >= 0.6 is 0 Å². The molecule has 0 aliphatic carbocycles. The predicted molar refractivity (Wildman–Crippen MR) is 100 cm³/mol. The summed E-state index contributed by atoms with van der Waals surface area (Å²) in [4.78, 5) is 25.3. The zero-order valence-corrected chi connectivity index (χ0v) is 14.2. The Morgan fingerprint density at radius 3 is 2.23 bits per heavy atom. The smallest absolute Gasteiger partial charge is 0.255 e. The third-order valence-electron chi connectivity index (χ3n) is 3.98. The summed E-state index contributed by atoms with van der Waals surface area (Å²) < 4.78 is 0. The minimum Gasteiger partial charge on any atom is -0.321 e. The number of aryl methyl sites for hydroxylation is 1. The molecule has 0 bridgehead atoms. The van der Waals surface area contributed by atoms with Crippen LogP contribution in [0, 0.1) is 18.3 Å². The second-order valence-electron chi connectivity index (χ2n) is 5.89. The van der Waals surface area contributed by atoms with Crippen molar-refractivity contribution in [2.24, 2.45) is 0 Å². The largest absolute Gasteiger partial charge is 0.321 e. The number of rotatable bonds is 4. The SMILES string of the molecule is Cc1ccc(NC(=O)c2ccc(C#N)cc2)c(C(=O)c2ccccc2)c1. The first-order valence-corrected chi connectivity index (χ1v) is 8.10. The Hall–Kier alpha value is -3.71. The summed E-state index contributed by atoms with van der Waals surface area (Å²) in [7, 11) is 0. The van der Waals surface area contributed by atoms with Gasteiger partial charge in [-0.2, -0.15) is 5.26 Å². The maximum absolute atomic E-state index is 12.8. The number of nitriles is 1. The second-order valence-corrected chi connectivity index (χ2v) is 5.89. The number of nitrogens with one attached hydrogen (secondary N) is 1. The minimum absolute atomic E-state index is 0.149. The van der Waals surface area contributed by atoms with E-state index >= 15 is 0 Å². The molecule has 0 aromatic heterocycles. The van der Waals surface area contributed by atoms with Crippen molar-refractivity contribution in [3.8, 4) is 6.07 Å². The summed E-state index contributed by atoms with van der Waals surface area (Å²) in [6.07, 6.45) is 0. The van der Waals surface area contributed by atoms with Crippen LogP contribution in [0.2, 0.25) is 0 Å². The fourth-order valence-corrected chi connectivity index (χ4v) is 2.59. The summed E-state index contributed by atoms with van der Waals surface area (Å²) in [6.45, 7) is 1.90. The van der Waals surface area contributed by atoms with Crippen LogP contribution in [0.1, 0.15) is 37.4 Å². The normalized spacial score (nSPS) is 10.0. The van der Waals surface area contributed by atoms with E-state index in [0.29, 0.717) is 27.9 Å². The molecule has 4 heteroatoms. The highest BCUT2D eigenvalue weighted by Crippen LogP contribution is 2.22. The molecule has 0 spiro atoms. The number of hydrogen-bond acceptors (Lipinski definition) is 3. The molecular weight excluding hydrogens is 324 g/mol. The van der Waals surface area contributed by atoms with Gasteiger partial charge in [0.25, 0.3) is 5.91 Å². The summed E-state index contributed by atoms with van der Waals surface area (Å²) in [5.41, 5.74) is 3.30. The van der Waals surface area contributed by atoms with Crippen LogP contribution in [0.4, 0.5) is 5.69 Å². The lowest BCUT2D eigenvalue weighted by molar-refractivity contribution is 0.102. The van der Waals surface area contributed by atoms with E-state index in [2.05, 4.69) is 5.32 Å². The van der Waals surface area contributed by atoms with E-state index in [0.717, 1.165) is 5.56 Å². The van der Waals surface area contributed by atoms with Crippen molar-refractivity contribution in [3.63, 3.8) is 0 Å². The van der Waals surface area contributed by atoms with Crippen LogP contribution in [-0.4, -0.2) is 11.7 Å². The van der Waals surface area contributed by atoms with Gasteiger partial charge in [0.1, 0.15) is 0 Å². The van der Waals surface area contributed by atoms with E-state index < -0.39 is 0 Å². The molecule has 0 aliphatic rings. The standard InChI is InChI=1S/C22H16N2O2/c1-15-7-12-20(19(13-15)21(25)17-5-3-2-4-6-17)24-22(26)18-10-8-16(14-23)9-11-18/h2-13H,1H3,(H,24,26). The molecule has 0 fully saturated rings. The molecule has 126 valence electrons. The van der Waals surface area contributed by atoms with Gasteiger partial charge < -0.3 is 5.32 Å². The van der Waals surface area contributed by atoms with Crippen LogP contribution in [-0.2, 0) is 0 Å². The molecule has 0 aliphatic heterocycles. The highest BCUT2D eigenvalue weighted by molar-refractivity contribution is 6.15. The van der Waals surface area contributed by atoms with Gasteiger partial charge in [0.15, 0.2) is 5.78 Å². The molecule has 0 atom stereocenters. The zero-order valence-electron chi connectivity index (χ0n) is 14.2. The van der Waals surface area contributed by atoms with Gasteiger partial charge in [-0.15, -0.1) is 0 Å². The van der Waals surface area contributed by atoms with Gasteiger partial charge in [-0.25, -0.2) is 0 Å². The van der Waals surface area contributed by atoms with Crippen molar-refractivity contribution in [2.75, 3.05) is 5.32 Å². The Kier molecular flexibility index (Phi) is 4.91. The lowest BCUT2D eigenvalue weighted by atomic mass is 9.99. The van der Waals surface area contributed by atoms with E-state index in [4.69, 9.17) is 5.26 Å². The lowest BCUT2D eigenvalue weighted by Crippen LogP contribution is -2.15. The van der Waals surface area contributed by atoms with Crippen molar-refractivity contribution in [1.29, 1.82) is 5.26 Å². The Labute approximate surface area is 151 Å². The first kappa shape index (κ1) is 17.1. The van der Waals surface area contributed by atoms with Gasteiger partial charge >= 0.3 is 0 Å². The first-order valence-electron chi connectivity index (χ1n) is 8.10. The monoisotopic (exact) mass is 340 g/mol. The van der Waals surface area contributed by atoms with Gasteiger partial charge in [0.2, 0.25) is 0 Å². The van der Waals surface area contributed by atoms with Crippen molar-refractivity contribution in [3.05, 3.63) is 101 Å². The Bertz CT molecular complexity index is 1000. The molecule has 3 rings (SSSR count). The number of nitrogens with zero attached hydrogens (tertiary/aromatic N) is 1. The van der Waals surface area contributed by atoms with Crippen LogP contribution in [0.15, 0.2) is 72.8 Å². The number of carbonyl (C=O) groups is 2. The van der Waals surface area contributed by atoms with Crippen molar-refractivity contribution in [1.82, 2.24) is 0 Å². The number of carbonyl (C=O) groups excluding carboxylic acids is 2. The number of benzene rings is 3. The topological polar surface area (TPSA) is 70.0 Å². The Morgan fingerprint density at radius 2 is 1.58 bits per heavy atom. The molecule has 3 aromatic carbocycles. The third kappa shape index (κ3) is 3.68. The number of hydrogen-bond donors (Lipinski definition) is 1. The fourth-order valence-electron chi connectivity index (χ4n) is 2.59. The zero-order chi connectivity index (χ0) is 18.5. The maximum Gasteiger partial charge on any atom is 0.255 e. The van der Waals surface area contributed by atoms with Crippen LogP contribution in [0.3, 0.4) is 0 Å². The molecule has 4 nitrogen and oxygen atoms in total. The van der Waals surface area contributed by atoms with Crippen molar-refractivity contribution < 1.29 is 9.59 Å².